The molecule has 1 saturated heterocycles. The molecule has 1 saturated carbocycles. The highest BCUT2D eigenvalue weighted by Gasteiger charge is 2.39. The lowest BCUT2D eigenvalue weighted by atomic mass is 9.86. The Morgan fingerprint density at radius 3 is 2.24 bits per heavy atom. The maximum Gasteiger partial charge on any atom is 0.229 e. The monoisotopic (exact) mass is 255 g/mol. The second-order valence-corrected chi connectivity index (χ2v) is 6.07. The summed E-state index contributed by atoms with van der Waals surface area (Å²) in [5.41, 5.74) is 0.0923. The summed E-state index contributed by atoms with van der Waals surface area (Å²) in [5, 5.41) is 0. The van der Waals surface area contributed by atoms with Gasteiger partial charge in [0.1, 0.15) is 0 Å². The fraction of sp³-hybridized carbons (Fsp3) is 0.846. The molecule has 0 unspecified atom stereocenters. The number of hydrogen-bond donors (Lipinski definition) is 1. The molecule has 3 nitrogen and oxygen atoms in total. The average Bonchev–Trinajstić information content (AvgIpc) is 2.73. The Labute approximate surface area is 108 Å². The molecule has 96 valence electrons. The van der Waals surface area contributed by atoms with Crippen LogP contribution in [0.5, 0.6) is 0 Å². The van der Waals surface area contributed by atoms with E-state index in [2.05, 4.69) is 12.6 Å². The van der Waals surface area contributed by atoms with Gasteiger partial charge in [-0.3, -0.25) is 14.5 Å². The Balaban J connectivity index is 2.06. The van der Waals surface area contributed by atoms with Crippen LogP contribution in [-0.2, 0) is 9.59 Å². The number of piperidine rings is 1. The van der Waals surface area contributed by atoms with Crippen LogP contribution >= 0.6 is 12.6 Å². The SMILES string of the molecule is CC1CC(=O)N(CC2(CS)CCCC2)C(=O)C1. The minimum absolute atomic E-state index is 0.0156. The largest absolute Gasteiger partial charge is 0.282 e. The Morgan fingerprint density at radius 2 is 1.76 bits per heavy atom. The van der Waals surface area contributed by atoms with E-state index >= 15 is 0 Å². The van der Waals surface area contributed by atoms with Crippen molar-refractivity contribution in [3.63, 3.8) is 0 Å². The first-order chi connectivity index (χ1) is 8.06. The number of carbonyl (C=O) groups excluding carboxylic acids is 2. The molecule has 4 heteroatoms. The van der Waals surface area contributed by atoms with Gasteiger partial charge in [0.15, 0.2) is 0 Å². The van der Waals surface area contributed by atoms with Crippen LogP contribution in [0.25, 0.3) is 0 Å². The van der Waals surface area contributed by atoms with Crippen molar-refractivity contribution in [3.05, 3.63) is 0 Å². The molecule has 0 aromatic carbocycles. The summed E-state index contributed by atoms with van der Waals surface area (Å²) in [7, 11) is 0. The standard InChI is InChI=1S/C13H21NO2S/c1-10-6-11(15)14(12(16)7-10)8-13(9-17)4-2-3-5-13/h10,17H,2-9H2,1H3. The molecule has 0 aromatic rings. The quantitative estimate of drug-likeness (QED) is 0.620. The number of nitrogens with zero attached hydrogens (tertiary/aromatic N) is 1. The highest BCUT2D eigenvalue weighted by Crippen LogP contribution is 2.40. The highest BCUT2D eigenvalue weighted by molar-refractivity contribution is 7.80. The van der Waals surface area contributed by atoms with Gasteiger partial charge in [0.25, 0.3) is 0 Å². The second kappa shape index (κ2) is 5.01. The topological polar surface area (TPSA) is 37.4 Å². The van der Waals surface area contributed by atoms with Crippen molar-refractivity contribution in [2.24, 2.45) is 11.3 Å². The number of imide groups is 1. The fourth-order valence-corrected chi connectivity index (χ4v) is 3.45. The van der Waals surface area contributed by atoms with Crippen LogP contribution in [-0.4, -0.2) is 29.0 Å². The molecule has 0 atom stereocenters. The first-order valence-electron chi connectivity index (χ1n) is 6.50. The minimum Gasteiger partial charge on any atom is -0.282 e. The van der Waals surface area contributed by atoms with E-state index in [9.17, 15) is 9.59 Å². The van der Waals surface area contributed by atoms with Crippen molar-refractivity contribution in [1.82, 2.24) is 4.90 Å². The lowest BCUT2D eigenvalue weighted by molar-refractivity contribution is -0.151. The number of carbonyl (C=O) groups is 2. The van der Waals surface area contributed by atoms with E-state index < -0.39 is 0 Å². The summed E-state index contributed by atoms with van der Waals surface area (Å²) in [4.78, 5) is 25.4. The molecule has 0 bridgehead atoms. The van der Waals surface area contributed by atoms with Crippen molar-refractivity contribution in [3.8, 4) is 0 Å². The van der Waals surface area contributed by atoms with Crippen LogP contribution < -0.4 is 0 Å². The normalized spacial score (nSPS) is 25.6. The molecule has 0 radical (unpaired) electrons. The van der Waals surface area contributed by atoms with Gasteiger partial charge in [0, 0.05) is 19.4 Å². The molecule has 0 spiro atoms. The molecule has 0 N–H and O–H groups in total. The number of hydrogen-bond acceptors (Lipinski definition) is 3. The zero-order valence-corrected chi connectivity index (χ0v) is 11.3. The molecule has 1 heterocycles. The molecule has 1 aliphatic heterocycles. The van der Waals surface area contributed by atoms with Crippen LogP contribution in [0, 0.1) is 11.3 Å². The molecule has 2 aliphatic rings. The Hall–Kier alpha value is -0.510. The summed E-state index contributed by atoms with van der Waals surface area (Å²) in [6.07, 6.45) is 5.65. The minimum atomic E-state index is 0.0156. The van der Waals surface area contributed by atoms with Crippen LogP contribution in [0.3, 0.4) is 0 Å². The van der Waals surface area contributed by atoms with Crippen molar-refractivity contribution in [2.45, 2.75) is 45.4 Å². The van der Waals surface area contributed by atoms with E-state index in [0.717, 1.165) is 18.6 Å². The number of rotatable bonds is 3. The number of likely N-dealkylation sites (tertiary alicyclic amines) is 1. The average molecular weight is 255 g/mol. The molecule has 0 aromatic heterocycles. The summed E-state index contributed by atoms with van der Waals surface area (Å²) in [6, 6.07) is 0. The lowest BCUT2D eigenvalue weighted by Gasteiger charge is -2.36. The maximum absolute atomic E-state index is 11.9. The van der Waals surface area contributed by atoms with Crippen molar-refractivity contribution < 1.29 is 9.59 Å². The van der Waals surface area contributed by atoms with E-state index in [0.29, 0.717) is 19.4 Å². The van der Waals surface area contributed by atoms with Gasteiger partial charge in [-0.2, -0.15) is 12.6 Å². The molecular weight excluding hydrogens is 234 g/mol. The van der Waals surface area contributed by atoms with Crippen molar-refractivity contribution in [2.75, 3.05) is 12.3 Å². The van der Waals surface area contributed by atoms with Gasteiger partial charge in [-0.25, -0.2) is 0 Å². The van der Waals surface area contributed by atoms with E-state index in [4.69, 9.17) is 0 Å². The molecule has 1 aliphatic carbocycles. The Morgan fingerprint density at radius 1 is 1.24 bits per heavy atom. The smallest absolute Gasteiger partial charge is 0.229 e. The van der Waals surface area contributed by atoms with Crippen LogP contribution in [0.15, 0.2) is 0 Å². The zero-order valence-electron chi connectivity index (χ0n) is 10.4. The highest BCUT2D eigenvalue weighted by atomic mass is 32.1. The van der Waals surface area contributed by atoms with Gasteiger partial charge < -0.3 is 0 Å². The summed E-state index contributed by atoms with van der Waals surface area (Å²) >= 11 is 4.43. The van der Waals surface area contributed by atoms with E-state index in [1.54, 1.807) is 0 Å². The lowest BCUT2D eigenvalue weighted by Crippen LogP contribution is -2.48. The van der Waals surface area contributed by atoms with Gasteiger partial charge in [-0.05, 0) is 29.9 Å². The summed E-state index contributed by atoms with van der Waals surface area (Å²) < 4.78 is 0. The van der Waals surface area contributed by atoms with Gasteiger partial charge in [-0.15, -0.1) is 0 Å². The van der Waals surface area contributed by atoms with Gasteiger partial charge in [-0.1, -0.05) is 19.8 Å². The van der Waals surface area contributed by atoms with Crippen LogP contribution in [0.1, 0.15) is 45.4 Å². The first kappa shape index (κ1) is 12.9. The third kappa shape index (κ3) is 2.67. The molecule has 2 fully saturated rings. The third-order valence-corrected chi connectivity index (χ3v) is 4.81. The molecule has 17 heavy (non-hydrogen) atoms. The predicted octanol–water partition coefficient (Wildman–Crippen LogP) is 2.26. The van der Waals surface area contributed by atoms with Crippen molar-refractivity contribution in [1.29, 1.82) is 0 Å². The van der Waals surface area contributed by atoms with E-state index in [1.807, 2.05) is 6.92 Å². The van der Waals surface area contributed by atoms with E-state index in [-0.39, 0.29) is 23.1 Å². The van der Waals surface area contributed by atoms with Gasteiger partial charge in [0.05, 0.1) is 0 Å². The summed E-state index contributed by atoms with van der Waals surface area (Å²) in [5.74, 6) is 1.02. The van der Waals surface area contributed by atoms with Crippen molar-refractivity contribution >= 4 is 24.4 Å². The molecule has 2 rings (SSSR count). The van der Waals surface area contributed by atoms with E-state index in [1.165, 1.54) is 17.7 Å². The number of thiol groups is 1. The van der Waals surface area contributed by atoms with Gasteiger partial charge in [0.2, 0.25) is 11.8 Å². The zero-order chi connectivity index (χ0) is 12.5. The maximum atomic E-state index is 11.9. The third-order valence-electron chi connectivity index (χ3n) is 4.14. The Bertz CT molecular complexity index is 305. The predicted molar refractivity (Wildman–Crippen MR) is 69.9 cm³/mol. The second-order valence-electron chi connectivity index (χ2n) is 5.75. The molecular formula is C13H21NO2S. The summed E-state index contributed by atoms with van der Waals surface area (Å²) in [6.45, 7) is 2.57. The van der Waals surface area contributed by atoms with Crippen LogP contribution in [0.4, 0.5) is 0 Å². The van der Waals surface area contributed by atoms with Gasteiger partial charge >= 0.3 is 0 Å². The fourth-order valence-electron chi connectivity index (χ4n) is 3.03. The number of amides is 2. The first-order valence-corrected chi connectivity index (χ1v) is 7.14. The Kier molecular flexibility index (Phi) is 3.81. The van der Waals surface area contributed by atoms with Crippen LogP contribution in [0.2, 0.25) is 0 Å². The molecule has 2 amide bonds.